The molecule has 13 heavy (non-hydrogen) atoms. The average Bonchev–Trinajstić information content (AvgIpc) is 2.10. The zero-order chi connectivity index (χ0) is 10.1. The summed E-state index contributed by atoms with van der Waals surface area (Å²) in [5.41, 5.74) is 0. The fourth-order valence-electron chi connectivity index (χ4n) is 0.858. The molecule has 74 valence electrons. The number of hydrogen-bond acceptors (Lipinski definition) is 3. The predicted molar refractivity (Wildman–Crippen MR) is 47.5 cm³/mol. The SMILES string of the molecule is CN(CCCCCN=C=O)C(=O)O. The van der Waals surface area contributed by atoms with Gasteiger partial charge in [-0.3, -0.25) is 0 Å². The van der Waals surface area contributed by atoms with Crippen LogP contribution in [0.15, 0.2) is 4.99 Å². The lowest BCUT2D eigenvalue weighted by atomic mass is 10.2. The number of amides is 1. The molecular weight excluding hydrogens is 172 g/mol. The fourth-order valence-corrected chi connectivity index (χ4v) is 0.858. The van der Waals surface area contributed by atoms with E-state index in [0.29, 0.717) is 13.1 Å². The van der Waals surface area contributed by atoms with E-state index >= 15 is 0 Å². The van der Waals surface area contributed by atoms with Crippen LogP contribution in [0.2, 0.25) is 0 Å². The zero-order valence-electron chi connectivity index (χ0n) is 7.69. The molecule has 0 saturated heterocycles. The third-order valence-corrected chi connectivity index (χ3v) is 1.65. The monoisotopic (exact) mass is 186 g/mol. The molecule has 0 aromatic heterocycles. The summed E-state index contributed by atoms with van der Waals surface area (Å²) in [5.74, 6) is 0. The molecule has 1 amide bonds. The number of hydrogen-bond donors (Lipinski definition) is 1. The molecular formula is C8H14N2O3. The molecule has 0 heterocycles. The summed E-state index contributed by atoms with van der Waals surface area (Å²) in [6.45, 7) is 1.01. The second-order valence-corrected chi connectivity index (χ2v) is 2.74. The Labute approximate surface area is 77.1 Å². The predicted octanol–water partition coefficient (Wildman–Crippen LogP) is 1.10. The summed E-state index contributed by atoms with van der Waals surface area (Å²) in [6, 6.07) is 0. The van der Waals surface area contributed by atoms with Crippen molar-refractivity contribution in [1.82, 2.24) is 4.90 Å². The Morgan fingerprint density at radius 2 is 2.15 bits per heavy atom. The Hall–Kier alpha value is -1.35. The van der Waals surface area contributed by atoms with Crippen molar-refractivity contribution in [3.63, 3.8) is 0 Å². The molecule has 0 bridgehead atoms. The first-order chi connectivity index (χ1) is 6.18. The molecule has 0 radical (unpaired) electrons. The van der Waals surface area contributed by atoms with Gasteiger partial charge in [0.05, 0.1) is 6.54 Å². The van der Waals surface area contributed by atoms with Gasteiger partial charge in [0, 0.05) is 13.6 Å². The van der Waals surface area contributed by atoms with Gasteiger partial charge < -0.3 is 10.0 Å². The molecule has 0 spiro atoms. The maximum absolute atomic E-state index is 10.3. The van der Waals surface area contributed by atoms with Crippen LogP contribution in [-0.2, 0) is 4.79 Å². The van der Waals surface area contributed by atoms with Gasteiger partial charge in [-0.05, 0) is 19.3 Å². The van der Waals surface area contributed by atoms with Crippen LogP contribution in [0.1, 0.15) is 19.3 Å². The van der Waals surface area contributed by atoms with E-state index in [2.05, 4.69) is 4.99 Å². The van der Waals surface area contributed by atoms with E-state index < -0.39 is 6.09 Å². The van der Waals surface area contributed by atoms with E-state index in [1.165, 1.54) is 18.0 Å². The summed E-state index contributed by atoms with van der Waals surface area (Å²) in [4.78, 5) is 24.6. The van der Waals surface area contributed by atoms with Gasteiger partial charge in [0.2, 0.25) is 6.08 Å². The summed E-state index contributed by atoms with van der Waals surface area (Å²) < 4.78 is 0. The van der Waals surface area contributed by atoms with Gasteiger partial charge in [0.25, 0.3) is 0 Å². The standard InChI is InChI=1S/C8H14N2O3/c1-10(8(12)13)6-4-2-3-5-9-7-11/h2-6H2,1H3,(H,12,13). The first kappa shape index (κ1) is 11.6. The van der Waals surface area contributed by atoms with E-state index in [0.717, 1.165) is 19.3 Å². The largest absolute Gasteiger partial charge is 0.465 e. The molecule has 0 aromatic rings. The Kier molecular flexibility index (Phi) is 6.55. The van der Waals surface area contributed by atoms with Crippen molar-refractivity contribution < 1.29 is 14.7 Å². The number of unbranched alkanes of at least 4 members (excludes halogenated alkanes) is 2. The van der Waals surface area contributed by atoms with Gasteiger partial charge in [0.1, 0.15) is 0 Å². The lowest BCUT2D eigenvalue weighted by molar-refractivity contribution is 0.155. The molecule has 0 unspecified atom stereocenters. The Balaban J connectivity index is 3.25. The zero-order valence-corrected chi connectivity index (χ0v) is 7.69. The van der Waals surface area contributed by atoms with Crippen LogP contribution < -0.4 is 0 Å². The summed E-state index contributed by atoms with van der Waals surface area (Å²) in [5, 5.41) is 8.48. The van der Waals surface area contributed by atoms with Crippen molar-refractivity contribution in [2.24, 2.45) is 4.99 Å². The van der Waals surface area contributed by atoms with Gasteiger partial charge in [-0.2, -0.15) is 0 Å². The molecule has 0 saturated carbocycles. The quantitative estimate of drug-likeness (QED) is 0.383. The van der Waals surface area contributed by atoms with Crippen molar-refractivity contribution in [2.45, 2.75) is 19.3 Å². The summed E-state index contributed by atoms with van der Waals surface area (Å²) >= 11 is 0. The topological polar surface area (TPSA) is 70.0 Å². The Morgan fingerprint density at radius 3 is 2.69 bits per heavy atom. The molecule has 5 nitrogen and oxygen atoms in total. The van der Waals surface area contributed by atoms with Crippen molar-refractivity contribution in [2.75, 3.05) is 20.1 Å². The number of carbonyl (C=O) groups excluding carboxylic acids is 1. The molecule has 0 aliphatic carbocycles. The van der Waals surface area contributed by atoms with Crippen molar-refractivity contribution in [3.05, 3.63) is 0 Å². The highest BCUT2D eigenvalue weighted by atomic mass is 16.4. The fraction of sp³-hybridized carbons (Fsp3) is 0.750. The van der Waals surface area contributed by atoms with Gasteiger partial charge in [-0.1, -0.05) is 0 Å². The first-order valence-corrected chi connectivity index (χ1v) is 4.16. The number of aliphatic imine (C=N–C) groups is 1. The van der Waals surface area contributed by atoms with Crippen molar-refractivity contribution >= 4 is 12.2 Å². The van der Waals surface area contributed by atoms with Crippen LogP contribution in [0.25, 0.3) is 0 Å². The maximum atomic E-state index is 10.3. The van der Waals surface area contributed by atoms with Gasteiger partial charge >= 0.3 is 6.09 Å². The normalized spacial score (nSPS) is 9.00. The third kappa shape index (κ3) is 7.03. The van der Waals surface area contributed by atoms with Gasteiger partial charge in [0.15, 0.2) is 0 Å². The van der Waals surface area contributed by atoms with Crippen LogP contribution in [0, 0.1) is 0 Å². The van der Waals surface area contributed by atoms with Crippen LogP contribution in [-0.4, -0.2) is 42.3 Å². The maximum Gasteiger partial charge on any atom is 0.407 e. The Bertz CT molecular complexity index is 200. The molecule has 5 heteroatoms. The molecule has 0 aromatic carbocycles. The second-order valence-electron chi connectivity index (χ2n) is 2.74. The highest BCUT2D eigenvalue weighted by Crippen LogP contribution is 1.97. The van der Waals surface area contributed by atoms with Crippen LogP contribution >= 0.6 is 0 Å². The molecule has 1 N–H and O–H groups in total. The van der Waals surface area contributed by atoms with E-state index in [-0.39, 0.29) is 0 Å². The Morgan fingerprint density at radius 1 is 1.46 bits per heavy atom. The second kappa shape index (κ2) is 7.31. The third-order valence-electron chi connectivity index (χ3n) is 1.65. The van der Waals surface area contributed by atoms with E-state index in [1.807, 2.05) is 0 Å². The molecule has 0 aliphatic heterocycles. The number of isocyanates is 1. The number of nitrogens with zero attached hydrogens (tertiary/aromatic N) is 2. The van der Waals surface area contributed by atoms with Gasteiger partial charge in [-0.15, -0.1) is 0 Å². The highest BCUT2D eigenvalue weighted by Gasteiger charge is 2.02. The number of rotatable bonds is 6. The van der Waals surface area contributed by atoms with Crippen LogP contribution in [0.4, 0.5) is 4.79 Å². The number of carbonyl (C=O) groups is 1. The lowest BCUT2D eigenvalue weighted by Gasteiger charge is -2.11. The van der Waals surface area contributed by atoms with E-state index in [4.69, 9.17) is 5.11 Å². The summed E-state index contributed by atoms with van der Waals surface area (Å²) in [6.07, 6.45) is 3.03. The minimum absolute atomic E-state index is 0.486. The molecule has 0 rings (SSSR count). The molecule has 0 atom stereocenters. The average molecular weight is 186 g/mol. The number of carboxylic acid groups (broad SMARTS) is 1. The molecule has 0 fully saturated rings. The molecule has 0 aliphatic rings. The first-order valence-electron chi connectivity index (χ1n) is 4.16. The van der Waals surface area contributed by atoms with Crippen LogP contribution in [0.3, 0.4) is 0 Å². The van der Waals surface area contributed by atoms with Gasteiger partial charge in [-0.25, -0.2) is 14.6 Å². The van der Waals surface area contributed by atoms with Crippen molar-refractivity contribution in [3.8, 4) is 0 Å². The van der Waals surface area contributed by atoms with E-state index in [9.17, 15) is 9.59 Å². The highest BCUT2D eigenvalue weighted by molar-refractivity contribution is 5.64. The van der Waals surface area contributed by atoms with Crippen LogP contribution in [0.5, 0.6) is 0 Å². The van der Waals surface area contributed by atoms with Crippen molar-refractivity contribution in [1.29, 1.82) is 0 Å². The minimum atomic E-state index is -0.911. The lowest BCUT2D eigenvalue weighted by Crippen LogP contribution is -2.25. The smallest absolute Gasteiger partial charge is 0.407 e. The van der Waals surface area contributed by atoms with E-state index in [1.54, 1.807) is 0 Å². The minimum Gasteiger partial charge on any atom is -0.465 e. The summed E-state index contributed by atoms with van der Waals surface area (Å²) in [7, 11) is 1.53.